The largest absolute Gasteiger partial charge is 0.451 e. The van der Waals surface area contributed by atoms with Gasteiger partial charge in [-0.05, 0) is 62.1 Å². The van der Waals surface area contributed by atoms with Crippen molar-refractivity contribution in [3.05, 3.63) is 75.6 Å². The Bertz CT molecular complexity index is 1090. The van der Waals surface area contributed by atoms with Gasteiger partial charge >= 0.3 is 0 Å². The topological polar surface area (TPSA) is 62.6 Å². The van der Waals surface area contributed by atoms with Crippen molar-refractivity contribution in [3.63, 3.8) is 0 Å². The van der Waals surface area contributed by atoms with Gasteiger partial charge in [0.15, 0.2) is 11.2 Å². The highest BCUT2D eigenvalue weighted by atomic mass is 16.3. The van der Waals surface area contributed by atoms with Gasteiger partial charge in [-0.2, -0.15) is 0 Å². The molecule has 0 unspecified atom stereocenters. The molecule has 2 aromatic carbocycles. The molecule has 1 aliphatic heterocycles. The minimum absolute atomic E-state index is 0.107. The molecule has 0 spiro atoms. The van der Waals surface area contributed by atoms with Gasteiger partial charge in [-0.15, -0.1) is 0 Å². The number of hydrogen-bond donors (Lipinski definition) is 1. The number of anilines is 1. The lowest BCUT2D eigenvalue weighted by Gasteiger charge is -2.33. The molecular weight excluding hydrogens is 352 g/mol. The summed E-state index contributed by atoms with van der Waals surface area (Å²) in [5.41, 5.74) is 3.83. The Kier molecular flexibility index (Phi) is 4.90. The van der Waals surface area contributed by atoms with Crippen molar-refractivity contribution in [3.8, 4) is 0 Å². The first-order chi connectivity index (χ1) is 13.5. The Balaban J connectivity index is 1.52. The summed E-state index contributed by atoms with van der Waals surface area (Å²) >= 11 is 0. The fraction of sp³-hybridized carbons (Fsp3) is 0.304. The van der Waals surface area contributed by atoms with E-state index in [4.69, 9.17) is 4.42 Å². The fourth-order valence-corrected chi connectivity index (χ4v) is 3.71. The Morgan fingerprint density at radius 2 is 1.93 bits per heavy atom. The molecular formula is C23H24N2O3. The summed E-state index contributed by atoms with van der Waals surface area (Å²) in [5, 5.41) is 4.03. The molecule has 5 nitrogen and oxygen atoms in total. The zero-order valence-electron chi connectivity index (χ0n) is 16.2. The molecule has 28 heavy (non-hydrogen) atoms. The van der Waals surface area contributed by atoms with E-state index >= 15 is 0 Å². The maximum Gasteiger partial charge on any atom is 0.289 e. The van der Waals surface area contributed by atoms with Gasteiger partial charge in [0.05, 0.1) is 5.39 Å². The van der Waals surface area contributed by atoms with E-state index < -0.39 is 0 Å². The number of nitrogens with one attached hydrogen (secondary N) is 1. The van der Waals surface area contributed by atoms with Crippen molar-refractivity contribution in [1.82, 2.24) is 4.90 Å². The second-order valence-corrected chi connectivity index (χ2v) is 7.50. The van der Waals surface area contributed by atoms with Gasteiger partial charge in [-0.25, -0.2) is 0 Å². The van der Waals surface area contributed by atoms with Crippen molar-refractivity contribution in [2.24, 2.45) is 0 Å². The van der Waals surface area contributed by atoms with Crippen LogP contribution in [0.2, 0.25) is 0 Å². The molecule has 2 heterocycles. The quantitative estimate of drug-likeness (QED) is 0.747. The van der Waals surface area contributed by atoms with E-state index in [1.165, 1.54) is 17.2 Å². The average Bonchev–Trinajstić information content (AvgIpc) is 2.70. The number of piperidine rings is 1. The molecule has 0 saturated carbocycles. The molecule has 0 radical (unpaired) electrons. The van der Waals surface area contributed by atoms with E-state index in [2.05, 4.69) is 37.4 Å². The monoisotopic (exact) mass is 376 g/mol. The maximum absolute atomic E-state index is 13.0. The van der Waals surface area contributed by atoms with Crippen LogP contribution in [0.3, 0.4) is 0 Å². The summed E-state index contributed by atoms with van der Waals surface area (Å²) in [6, 6.07) is 14.8. The van der Waals surface area contributed by atoms with Crippen LogP contribution in [0.5, 0.6) is 0 Å². The predicted molar refractivity (Wildman–Crippen MR) is 111 cm³/mol. The van der Waals surface area contributed by atoms with Crippen LogP contribution in [0.15, 0.2) is 57.7 Å². The minimum atomic E-state index is -0.227. The normalized spacial score (nSPS) is 16.9. The predicted octanol–water partition coefficient (Wildman–Crippen LogP) is 4.13. The molecule has 1 aromatic heterocycles. The van der Waals surface area contributed by atoms with Crippen LogP contribution in [0.4, 0.5) is 5.69 Å². The first kappa shape index (κ1) is 18.3. The number of carbonyl (C=O) groups is 1. The summed E-state index contributed by atoms with van der Waals surface area (Å²) in [4.78, 5) is 27.0. The van der Waals surface area contributed by atoms with Crippen LogP contribution < -0.4 is 10.7 Å². The molecule has 1 saturated heterocycles. The number of para-hydroxylation sites is 1. The molecule has 1 atom stereocenters. The summed E-state index contributed by atoms with van der Waals surface area (Å²) in [7, 11) is 0. The average molecular weight is 376 g/mol. The van der Waals surface area contributed by atoms with E-state index in [1.54, 1.807) is 29.2 Å². The number of fused-ring (bicyclic) bond motifs is 1. The van der Waals surface area contributed by atoms with Crippen molar-refractivity contribution >= 4 is 22.6 Å². The number of nitrogens with zero attached hydrogens (tertiary/aromatic N) is 1. The van der Waals surface area contributed by atoms with E-state index in [-0.39, 0.29) is 23.1 Å². The third-order valence-corrected chi connectivity index (χ3v) is 5.43. The summed E-state index contributed by atoms with van der Waals surface area (Å²) in [6.45, 7) is 5.44. The molecule has 0 aliphatic carbocycles. The van der Waals surface area contributed by atoms with Crippen molar-refractivity contribution in [2.75, 3.05) is 18.4 Å². The molecule has 5 heteroatoms. The van der Waals surface area contributed by atoms with Crippen LogP contribution >= 0.6 is 0 Å². The molecule has 0 bridgehead atoms. The van der Waals surface area contributed by atoms with Gasteiger partial charge in [0.2, 0.25) is 0 Å². The molecule has 1 aliphatic rings. The third kappa shape index (κ3) is 3.65. The first-order valence-electron chi connectivity index (χ1n) is 9.67. The molecule has 1 fully saturated rings. The van der Waals surface area contributed by atoms with E-state index in [0.717, 1.165) is 18.5 Å². The third-order valence-electron chi connectivity index (χ3n) is 5.43. The molecule has 3 aromatic rings. The lowest BCUT2D eigenvalue weighted by atomic mass is 10.0. The summed E-state index contributed by atoms with van der Waals surface area (Å²) < 4.78 is 5.73. The lowest BCUT2D eigenvalue weighted by molar-refractivity contribution is 0.0683. The SMILES string of the molecule is Cc1ccc(N[C@H]2CCCN(C(=O)c3cc(=O)c4ccccc4o3)C2)cc1C. The lowest BCUT2D eigenvalue weighted by Crippen LogP contribution is -2.45. The Morgan fingerprint density at radius 3 is 2.75 bits per heavy atom. The first-order valence-corrected chi connectivity index (χ1v) is 9.67. The van der Waals surface area contributed by atoms with Gasteiger partial charge in [0.1, 0.15) is 5.58 Å². The van der Waals surface area contributed by atoms with Crippen LogP contribution in [0.25, 0.3) is 11.0 Å². The van der Waals surface area contributed by atoms with Gasteiger partial charge in [0, 0.05) is 30.9 Å². The second kappa shape index (κ2) is 7.50. The standard InChI is InChI=1S/C23H24N2O3/c1-15-9-10-17(12-16(15)2)24-18-6-5-11-25(14-18)23(27)22-13-20(26)19-7-3-4-8-21(19)28-22/h3-4,7-10,12-13,18,24H,5-6,11,14H2,1-2H3/t18-/m0/s1. The molecule has 144 valence electrons. The Labute approximate surface area is 164 Å². The maximum atomic E-state index is 13.0. The number of aryl methyl sites for hydroxylation is 2. The highest BCUT2D eigenvalue weighted by molar-refractivity contribution is 5.93. The number of likely N-dealkylation sites (tertiary alicyclic amines) is 1. The Hall–Kier alpha value is -3.08. The van der Waals surface area contributed by atoms with E-state index in [9.17, 15) is 9.59 Å². The number of benzene rings is 2. The molecule has 1 N–H and O–H groups in total. The number of carbonyl (C=O) groups excluding carboxylic acids is 1. The second-order valence-electron chi connectivity index (χ2n) is 7.50. The van der Waals surface area contributed by atoms with Crippen LogP contribution in [0.1, 0.15) is 34.5 Å². The number of rotatable bonds is 3. The number of hydrogen-bond acceptors (Lipinski definition) is 4. The van der Waals surface area contributed by atoms with Gasteiger partial charge in [-0.3, -0.25) is 9.59 Å². The van der Waals surface area contributed by atoms with Crippen molar-refractivity contribution < 1.29 is 9.21 Å². The van der Waals surface area contributed by atoms with Gasteiger partial charge in [-0.1, -0.05) is 18.2 Å². The molecule has 1 amide bonds. The van der Waals surface area contributed by atoms with Crippen LogP contribution in [0, 0.1) is 13.8 Å². The van der Waals surface area contributed by atoms with Crippen molar-refractivity contribution in [2.45, 2.75) is 32.7 Å². The highest BCUT2D eigenvalue weighted by Crippen LogP contribution is 2.21. The zero-order valence-corrected chi connectivity index (χ0v) is 16.2. The fourth-order valence-electron chi connectivity index (χ4n) is 3.71. The van der Waals surface area contributed by atoms with Gasteiger partial charge < -0.3 is 14.6 Å². The van der Waals surface area contributed by atoms with Gasteiger partial charge in [0.25, 0.3) is 5.91 Å². The summed E-state index contributed by atoms with van der Waals surface area (Å²) in [6.07, 6.45) is 1.91. The highest BCUT2D eigenvalue weighted by Gasteiger charge is 2.26. The number of amides is 1. The Morgan fingerprint density at radius 1 is 1.11 bits per heavy atom. The zero-order chi connectivity index (χ0) is 19.7. The van der Waals surface area contributed by atoms with Crippen LogP contribution in [-0.4, -0.2) is 29.9 Å². The molecule has 4 rings (SSSR count). The summed E-state index contributed by atoms with van der Waals surface area (Å²) in [5.74, 6) is -0.120. The van der Waals surface area contributed by atoms with E-state index in [1.807, 2.05) is 0 Å². The smallest absolute Gasteiger partial charge is 0.289 e. The van der Waals surface area contributed by atoms with Crippen molar-refractivity contribution in [1.29, 1.82) is 0 Å². The minimum Gasteiger partial charge on any atom is -0.451 e. The van der Waals surface area contributed by atoms with Crippen LogP contribution in [-0.2, 0) is 0 Å². The van der Waals surface area contributed by atoms with E-state index in [0.29, 0.717) is 24.1 Å².